The average Bonchev–Trinajstić information content (AvgIpc) is 3.76. The topological polar surface area (TPSA) is 17.8 Å². The van der Waals surface area contributed by atoms with E-state index >= 15 is 0 Å². The first kappa shape index (κ1) is 47.0. The summed E-state index contributed by atoms with van der Waals surface area (Å²) >= 11 is 0. The maximum atomic E-state index is 4.49. The van der Waals surface area contributed by atoms with E-state index < -0.39 is 0 Å². The fourth-order valence-corrected chi connectivity index (χ4v) is 9.54. The highest BCUT2D eigenvalue weighted by Gasteiger charge is 2.35. The molecule has 2 nitrogen and oxygen atoms in total. The van der Waals surface area contributed by atoms with Gasteiger partial charge < -0.3 is 4.57 Å². The third-order valence-electron chi connectivity index (χ3n) is 13.3. The van der Waals surface area contributed by atoms with Crippen LogP contribution in [0.5, 0.6) is 0 Å². The molecule has 0 N–H and O–H groups in total. The molecular formula is C53H88N2. The molecule has 0 saturated heterocycles. The molecule has 3 aromatic rings. The number of benzene rings is 2. The minimum absolute atomic E-state index is 0.0110. The van der Waals surface area contributed by atoms with Gasteiger partial charge in [0, 0.05) is 23.9 Å². The normalized spacial score (nSPS) is 13.3. The number of aryl methyl sites for hydroxylation is 1. The van der Waals surface area contributed by atoms with Gasteiger partial charge in [0.15, 0.2) is 0 Å². The Morgan fingerprint density at radius 3 is 1.44 bits per heavy atom. The van der Waals surface area contributed by atoms with E-state index in [1.807, 2.05) is 12.5 Å². The number of nitrogens with zero attached hydrogens (tertiary/aromatic N) is 2. The van der Waals surface area contributed by atoms with E-state index in [0.29, 0.717) is 5.92 Å². The van der Waals surface area contributed by atoms with Gasteiger partial charge >= 0.3 is 0 Å². The van der Waals surface area contributed by atoms with Crippen LogP contribution in [0.4, 0.5) is 0 Å². The van der Waals surface area contributed by atoms with Crippen molar-refractivity contribution in [2.75, 3.05) is 0 Å². The van der Waals surface area contributed by atoms with Crippen LogP contribution >= 0.6 is 0 Å². The highest BCUT2D eigenvalue weighted by molar-refractivity contribution is 5.46. The van der Waals surface area contributed by atoms with E-state index in [1.54, 1.807) is 22.3 Å². The summed E-state index contributed by atoms with van der Waals surface area (Å²) in [5.74, 6) is 0.428. The smallest absolute Gasteiger partial charge is 0.0951 e. The van der Waals surface area contributed by atoms with Gasteiger partial charge in [0.2, 0.25) is 0 Å². The fourth-order valence-electron chi connectivity index (χ4n) is 9.54. The number of aromatic nitrogens is 2. The van der Waals surface area contributed by atoms with Crippen LogP contribution < -0.4 is 0 Å². The maximum absolute atomic E-state index is 4.49. The molecule has 55 heavy (non-hydrogen) atoms. The van der Waals surface area contributed by atoms with Crippen molar-refractivity contribution in [3.05, 3.63) is 88.5 Å². The van der Waals surface area contributed by atoms with E-state index in [0.717, 1.165) is 19.3 Å². The molecule has 2 aromatic carbocycles. The Morgan fingerprint density at radius 2 is 0.964 bits per heavy atom. The molecule has 3 rings (SSSR count). The van der Waals surface area contributed by atoms with Crippen molar-refractivity contribution < 1.29 is 0 Å². The summed E-state index contributed by atoms with van der Waals surface area (Å²) in [6.07, 6.45) is 46.6. The SMILES string of the molecule is CCCCCCCCCCc1ccc(Cc2ccccc2C(CC)C(C)(CC)n2ccnc2)c(CCCCCCCCCC)c1CCCCCCCCCC. The summed E-state index contributed by atoms with van der Waals surface area (Å²) in [6, 6.07) is 14.7. The van der Waals surface area contributed by atoms with Crippen LogP contribution in [0.25, 0.3) is 0 Å². The number of hydrogen-bond acceptors (Lipinski definition) is 1. The molecule has 0 aliphatic heterocycles. The highest BCUT2D eigenvalue weighted by Crippen LogP contribution is 2.42. The van der Waals surface area contributed by atoms with Crippen LogP contribution in [0, 0.1) is 0 Å². The van der Waals surface area contributed by atoms with Gasteiger partial charge in [-0.25, -0.2) is 4.98 Å². The first-order chi connectivity index (χ1) is 27.0. The summed E-state index contributed by atoms with van der Waals surface area (Å²) in [5, 5.41) is 0. The molecular weight excluding hydrogens is 665 g/mol. The molecule has 310 valence electrons. The van der Waals surface area contributed by atoms with Gasteiger partial charge in [0.1, 0.15) is 0 Å². The molecule has 0 radical (unpaired) electrons. The Labute approximate surface area is 342 Å². The molecule has 0 bridgehead atoms. The number of unbranched alkanes of at least 4 members (excludes halogenated alkanes) is 21. The largest absolute Gasteiger partial charge is 0.331 e. The van der Waals surface area contributed by atoms with Crippen LogP contribution in [0.2, 0.25) is 0 Å². The molecule has 2 heteroatoms. The van der Waals surface area contributed by atoms with Crippen molar-refractivity contribution >= 4 is 0 Å². The quantitative estimate of drug-likeness (QED) is 0.0556. The van der Waals surface area contributed by atoms with Crippen LogP contribution in [-0.4, -0.2) is 9.55 Å². The molecule has 0 saturated carbocycles. The van der Waals surface area contributed by atoms with Crippen molar-refractivity contribution in [3.8, 4) is 0 Å². The summed E-state index contributed by atoms with van der Waals surface area (Å²) in [7, 11) is 0. The van der Waals surface area contributed by atoms with E-state index in [2.05, 4.69) is 93.7 Å². The molecule has 1 aromatic heterocycles. The second kappa shape index (κ2) is 29.0. The summed E-state index contributed by atoms with van der Waals surface area (Å²) in [5.41, 5.74) is 9.85. The van der Waals surface area contributed by atoms with E-state index in [-0.39, 0.29) is 5.54 Å². The number of rotatable bonds is 34. The Kier molecular flexibility index (Phi) is 24.8. The van der Waals surface area contributed by atoms with Gasteiger partial charge in [-0.2, -0.15) is 0 Å². The molecule has 0 spiro atoms. The lowest BCUT2D eigenvalue weighted by Gasteiger charge is -2.39. The van der Waals surface area contributed by atoms with Gasteiger partial charge in [-0.3, -0.25) is 0 Å². The zero-order valence-electron chi connectivity index (χ0n) is 37.4. The van der Waals surface area contributed by atoms with Crippen molar-refractivity contribution in [2.45, 2.75) is 246 Å². The minimum Gasteiger partial charge on any atom is -0.331 e. The van der Waals surface area contributed by atoms with E-state index in [4.69, 9.17) is 0 Å². The molecule has 2 atom stereocenters. The van der Waals surface area contributed by atoms with Gasteiger partial charge in [-0.1, -0.05) is 206 Å². The van der Waals surface area contributed by atoms with E-state index in [9.17, 15) is 0 Å². The first-order valence-electron chi connectivity index (χ1n) is 24.2. The lowest BCUT2D eigenvalue weighted by atomic mass is 9.74. The first-order valence-corrected chi connectivity index (χ1v) is 24.2. The van der Waals surface area contributed by atoms with Crippen molar-refractivity contribution in [3.63, 3.8) is 0 Å². The summed E-state index contributed by atoms with van der Waals surface area (Å²) in [6.45, 7) is 14.2. The number of imidazole rings is 1. The van der Waals surface area contributed by atoms with Crippen LogP contribution in [0.15, 0.2) is 55.1 Å². The average molecular weight is 753 g/mol. The Morgan fingerprint density at radius 1 is 0.509 bits per heavy atom. The molecule has 0 amide bonds. The van der Waals surface area contributed by atoms with Crippen LogP contribution in [-0.2, 0) is 31.2 Å². The van der Waals surface area contributed by atoms with Crippen molar-refractivity contribution in [1.82, 2.24) is 9.55 Å². The van der Waals surface area contributed by atoms with Gasteiger partial charge in [-0.15, -0.1) is 0 Å². The summed E-state index contributed by atoms with van der Waals surface area (Å²) in [4.78, 5) is 4.49. The molecule has 0 aliphatic rings. The Hall–Kier alpha value is -2.35. The van der Waals surface area contributed by atoms with Gasteiger partial charge in [0.05, 0.1) is 6.33 Å². The number of hydrogen-bond donors (Lipinski definition) is 0. The monoisotopic (exact) mass is 753 g/mol. The minimum atomic E-state index is -0.0110. The Balaban J connectivity index is 1.91. The molecule has 0 fully saturated rings. The second-order valence-electron chi connectivity index (χ2n) is 17.5. The molecule has 1 heterocycles. The predicted molar refractivity (Wildman–Crippen MR) is 244 cm³/mol. The Bertz CT molecular complexity index is 1350. The van der Waals surface area contributed by atoms with E-state index in [1.165, 1.54) is 184 Å². The predicted octanol–water partition coefficient (Wildman–Crippen LogP) is 16.8. The highest BCUT2D eigenvalue weighted by atomic mass is 15.1. The van der Waals surface area contributed by atoms with Gasteiger partial charge in [0.25, 0.3) is 0 Å². The molecule has 0 aliphatic carbocycles. The zero-order valence-corrected chi connectivity index (χ0v) is 37.4. The third kappa shape index (κ3) is 16.6. The maximum Gasteiger partial charge on any atom is 0.0951 e. The van der Waals surface area contributed by atoms with Gasteiger partial charge in [-0.05, 0) is 98.1 Å². The lowest BCUT2D eigenvalue weighted by molar-refractivity contribution is 0.235. The summed E-state index contributed by atoms with van der Waals surface area (Å²) < 4.78 is 2.38. The van der Waals surface area contributed by atoms with Crippen LogP contribution in [0.3, 0.4) is 0 Å². The fraction of sp³-hybridized carbons (Fsp3) is 0.717. The molecule has 2 unspecified atom stereocenters. The van der Waals surface area contributed by atoms with Crippen molar-refractivity contribution in [1.29, 1.82) is 0 Å². The third-order valence-corrected chi connectivity index (χ3v) is 13.3. The van der Waals surface area contributed by atoms with Crippen molar-refractivity contribution in [2.24, 2.45) is 0 Å². The zero-order chi connectivity index (χ0) is 39.4. The lowest BCUT2D eigenvalue weighted by Crippen LogP contribution is -2.36. The standard InChI is InChI=1S/C53H88N2/c1-7-12-15-18-21-24-27-30-35-46-40-41-48(44-47-36-33-34-39-51(47)52(10-4)53(6,11-5)55-43-42-54-45-55)50(38-32-29-26-23-20-17-14-9-3)49(46)37-31-28-25-22-19-16-13-8-2/h33-34,36,39-43,45,52H,7-32,35,37-38,44H2,1-6H3. The second-order valence-corrected chi connectivity index (χ2v) is 17.5. The van der Waals surface area contributed by atoms with Crippen LogP contribution in [0.1, 0.15) is 248 Å².